The van der Waals surface area contributed by atoms with Crippen molar-refractivity contribution in [3.63, 3.8) is 0 Å². The molecule has 2 aromatic rings. The van der Waals surface area contributed by atoms with E-state index in [1.807, 2.05) is 37.3 Å². The van der Waals surface area contributed by atoms with Crippen LogP contribution in [-0.4, -0.2) is 23.4 Å². The van der Waals surface area contributed by atoms with Gasteiger partial charge in [0.2, 0.25) is 20.0 Å². The molecule has 0 aromatic heterocycles. The Bertz CT molecular complexity index is 877. The van der Waals surface area contributed by atoms with Crippen LogP contribution in [0, 0.1) is 0 Å². The molecule has 2 rings (SSSR count). The molecule has 0 aliphatic carbocycles. The number of hydrogen-bond acceptors (Lipinski definition) is 4. The van der Waals surface area contributed by atoms with Crippen LogP contribution in [0.25, 0.3) is 0 Å². The zero-order chi connectivity index (χ0) is 17.8. The van der Waals surface area contributed by atoms with Crippen molar-refractivity contribution in [2.24, 2.45) is 5.14 Å². The minimum atomic E-state index is -3.84. The SMILES string of the molecule is C[C@H](CCNS(=O)(=O)c1ccc(S(N)(=O)=O)cc1)c1ccccc1. The van der Waals surface area contributed by atoms with Crippen LogP contribution in [0.15, 0.2) is 64.4 Å². The smallest absolute Gasteiger partial charge is 0.225 e. The van der Waals surface area contributed by atoms with E-state index in [4.69, 9.17) is 5.14 Å². The number of hydrogen-bond donors (Lipinski definition) is 2. The molecule has 0 amide bonds. The Labute approximate surface area is 142 Å². The number of rotatable bonds is 7. The second kappa shape index (κ2) is 7.43. The van der Waals surface area contributed by atoms with E-state index >= 15 is 0 Å². The van der Waals surface area contributed by atoms with Crippen molar-refractivity contribution >= 4 is 20.0 Å². The summed E-state index contributed by atoms with van der Waals surface area (Å²) >= 11 is 0. The van der Waals surface area contributed by atoms with Crippen molar-refractivity contribution in [2.45, 2.75) is 29.1 Å². The highest BCUT2D eigenvalue weighted by atomic mass is 32.2. The Hall–Kier alpha value is -1.74. The Morgan fingerprint density at radius 3 is 2.00 bits per heavy atom. The van der Waals surface area contributed by atoms with Crippen molar-refractivity contribution in [2.75, 3.05) is 6.54 Å². The third-order valence-electron chi connectivity index (χ3n) is 3.70. The molecule has 24 heavy (non-hydrogen) atoms. The average molecular weight is 368 g/mol. The number of primary sulfonamides is 1. The first-order valence-corrected chi connectivity index (χ1v) is 10.4. The molecular formula is C16H20N2O4S2. The zero-order valence-electron chi connectivity index (χ0n) is 13.2. The number of benzene rings is 2. The largest absolute Gasteiger partial charge is 0.240 e. The van der Waals surface area contributed by atoms with E-state index in [1.54, 1.807) is 0 Å². The second-order valence-corrected chi connectivity index (χ2v) is 8.84. The van der Waals surface area contributed by atoms with E-state index in [-0.39, 0.29) is 22.3 Å². The molecule has 0 aliphatic heterocycles. The fourth-order valence-corrected chi connectivity index (χ4v) is 3.81. The first-order chi connectivity index (χ1) is 11.2. The summed E-state index contributed by atoms with van der Waals surface area (Å²) in [5.74, 6) is 0.221. The van der Waals surface area contributed by atoms with Crippen LogP contribution >= 0.6 is 0 Å². The predicted molar refractivity (Wildman–Crippen MR) is 92.5 cm³/mol. The van der Waals surface area contributed by atoms with Gasteiger partial charge in [-0.05, 0) is 42.2 Å². The van der Waals surface area contributed by atoms with Crippen molar-refractivity contribution in [3.8, 4) is 0 Å². The maximum atomic E-state index is 12.2. The molecule has 0 heterocycles. The summed E-state index contributed by atoms with van der Waals surface area (Å²) in [6.07, 6.45) is 0.651. The number of nitrogens with one attached hydrogen (secondary N) is 1. The summed E-state index contributed by atoms with van der Waals surface area (Å²) in [6.45, 7) is 2.32. The Balaban J connectivity index is 1.99. The highest BCUT2D eigenvalue weighted by Gasteiger charge is 2.16. The van der Waals surface area contributed by atoms with Gasteiger partial charge >= 0.3 is 0 Å². The van der Waals surface area contributed by atoms with E-state index in [2.05, 4.69) is 4.72 Å². The van der Waals surface area contributed by atoms with Gasteiger partial charge in [0.25, 0.3) is 0 Å². The standard InChI is InChI=1S/C16H20N2O4S2/c1-13(14-5-3-2-4-6-14)11-12-18-24(21,22)16-9-7-15(8-10-16)23(17,19)20/h2-10,13,18H,11-12H2,1H3,(H2,17,19,20)/t13-/m1/s1. The molecule has 2 aromatic carbocycles. The fourth-order valence-electron chi connectivity index (χ4n) is 2.25. The Morgan fingerprint density at radius 1 is 0.917 bits per heavy atom. The van der Waals surface area contributed by atoms with Gasteiger partial charge in [-0.3, -0.25) is 0 Å². The Morgan fingerprint density at radius 2 is 1.46 bits per heavy atom. The van der Waals surface area contributed by atoms with E-state index in [0.29, 0.717) is 6.42 Å². The van der Waals surface area contributed by atoms with Crippen LogP contribution in [0.4, 0.5) is 0 Å². The minimum absolute atomic E-state index is 0.00210. The summed E-state index contributed by atoms with van der Waals surface area (Å²) in [5, 5.41) is 4.99. The third-order valence-corrected chi connectivity index (χ3v) is 6.11. The van der Waals surface area contributed by atoms with Gasteiger partial charge < -0.3 is 0 Å². The molecule has 0 bridgehead atoms. The van der Waals surface area contributed by atoms with Crippen molar-refractivity contribution < 1.29 is 16.8 Å². The topological polar surface area (TPSA) is 106 Å². The summed E-state index contributed by atoms with van der Waals surface area (Å²) < 4.78 is 49.3. The minimum Gasteiger partial charge on any atom is -0.225 e. The fraction of sp³-hybridized carbons (Fsp3) is 0.250. The van der Waals surface area contributed by atoms with E-state index in [9.17, 15) is 16.8 Å². The van der Waals surface area contributed by atoms with Gasteiger partial charge in [0, 0.05) is 6.54 Å². The van der Waals surface area contributed by atoms with Crippen molar-refractivity contribution in [1.82, 2.24) is 4.72 Å². The molecule has 130 valence electrons. The second-order valence-electron chi connectivity index (χ2n) is 5.51. The molecule has 8 heteroatoms. The maximum Gasteiger partial charge on any atom is 0.240 e. The predicted octanol–water partition coefficient (Wildman–Crippen LogP) is 1.81. The van der Waals surface area contributed by atoms with Gasteiger partial charge in [-0.1, -0.05) is 37.3 Å². The molecule has 0 aliphatic rings. The van der Waals surface area contributed by atoms with E-state index in [0.717, 1.165) is 5.56 Å². The van der Waals surface area contributed by atoms with Gasteiger partial charge in [-0.2, -0.15) is 0 Å². The molecule has 0 radical (unpaired) electrons. The van der Waals surface area contributed by atoms with Gasteiger partial charge in [-0.25, -0.2) is 26.7 Å². The monoisotopic (exact) mass is 368 g/mol. The van der Waals surface area contributed by atoms with Crippen LogP contribution < -0.4 is 9.86 Å². The molecule has 0 spiro atoms. The van der Waals surface area contributed by atoms with Gasteiger partial charge in [-0.15, -0.1) is 0 Å². The molecule has 3 N–H and O–H groups in total. The van der Waals surface area contributed by atoms with Crippen LogP contribution in [0.2, 0.25) is 0 Å². The summed E-state index contributed by atoms with van der Waals surface area (Å²) in [7, 11) is -7.53. The molecule has 0 saturated heterocycles. The molecular weight excluding hydrogens is 348 g/mol. The van der Waals surface area contributed by atoms with E-state index in [1.165, 1.54) is 24.3 Å². The Kier molecular flexibility index (Phi) is 5.76. The maximum absolute atomic E-state index is 12.2. The molecule has 1 atom stereocenters. The molecule has 0 saturated carbocycles. The average Bonchev–Trinajstić information content (AvgIpc) is 2.55. The van der Waals surface area contributed by atoms with Crippen LogP contribution in [0.1, 0.15) is 24.8 Å². The summed E-state index contributed by atoms with van der Waals surface area (Å²) in [6, 6.07) is 14.6. The number of sulfonamides is 2. The first kappa shape index (κ1) is 18.6. The van der Waals surface area contributed by atoms with Crippen LogP contribution in [-0.2, 0) is 20.0 Å². The van der Waals surface area contributed by atoms with Gasteiger partial charge in [0.1, 0.15) is 0 Å². The number of nitrogens with two attached hydrogens (primary N) is 1. The van der Waals surface area contributed by atoms with Crippen molar-refractivity contribution in [3.05, 3.63) is 60.2 Å². The van der Waals surface area contributed by atoms with Crippen LogP contribution in [0.3, 0.4) is 0 Å². The highest BCUT2D eigenvalue weighted by molar-refractivity contribution is 7.89. The van der Waals surface area contributed by atoms with Crippen molar-refractivity contribution in [1.29, 1.82) is 0 Å². The molecule has 0 unspecified atom stereocenters. The van der Waals surface area contributed by atoms with E-state index < -0.39 is 20.0 Å². The third kappa shape index (κ3) is 4.88. The lowest BCUT2D eigenvalue weighted by molar-refractivity contribution is 0.572. The molecule has 0 fully saturated rings. The zero-order valence-corrected chi connectivity index (χ0v) is 14.8. The normalized spacial score (nSPS) is 13.6. The summed E-state index contributed by atoms with van der Waals surface area (Å²) in [4.78, 5) is -0.124. The lowest BCUT2D eigenvalue weighted by Crippen LogP contribution is -2.25. The van der Waals surface area contributed by atoms with Crippen LogP contribution in [0.5, 0.6) is 0 Å². The lowest BCUT2D eigenvalue weighted by Gasteiger charge is -2.13. The van der Waals surface area contributed by atoms with Gasteiger partial charge in [0.15, 0.2) is 0 Å². The van der Waals surface area contributed by atoms with Gasteiger partial charge in [0.05, 0.1) is 9.79 Å². The lowest BCUT2D eigenvalue weighted by atomic mass is 9.98. The quantitative estimate of drug-likeness (QED) is 0.777. The highest BCUT2D eigenvalue weighted by Crippen LogP contribution is 2.18. The summed E-state index contributed by atoms with van der Waals surface area (Å²) in [5.41, 5.74) is 1.15. The molecule has 6 nitrogen and oxygen atoms in total. The first-order valence-electron chi connectivity index (χ1n) is 7.37.